The van der Waals surface area contributed by atoms with Crippen molar-refractivity contribution < 1.29 is 13.2 Å². The molecule has 0 aliphatic rings. The molecule has 1 rings (SSSR count). The normalized spacial score (nSPS) is 13.8. The van der Waals surface area contributed by atoms with E-state index in [9.17, 15) is 13.2 Å². The lowest BCUT2D eigenvalue weighted by Gasteiger charge is -2.21. The largest absolute Gasteiger partial charge is 0.390 e. The van der Waals surface area contributed by atoms with Gasteiger partial charge in [0.2, 0.25) is 0 Å². The maximum atomic E-state index is 12.6. The van der Waals surface area contributed by atoms with Crippen molar-refractivity contribution in [2.75, 3.05) is 6.54 Å². The molecule has 1 nitrogen and oxygen atoms in total. The van der Waals surface area contributed by atoms with Crippen LogP contribution in [0.1, 0.15) is 44.4 Å². The summed E-state index contributed by atoms with van der Waals surface area (Å²) in [7, 11) is 0. The van der Waals surface area contributed by atoms with Gasteiger partial charge >= 0.3 is 6.18 Å². The van der Waals surface area contributed by atoms with E-state index in [2.05, 4.69) is 19.2 Å². The summed E-state index contributed by atoms with van der Waals surface area (Å²) in [6.07, 6.45) is -4.09. The van der Waals surface area contributed by atoms with E-state index in [4.69, 9.17) is 0 Å². The van der Waals surface area contributed by atoms with Crippen molar-refractivity contribution >= 4 is 0 Å². The van der Waals surface area contributed by atoms with E-state index < -0.39 is 18.6 Å². The van der Waals surface area contributed by atoms with Gasteiger partial charge in [-0.05, 0) is 30.0 Å². The van der Waals surface area contributed by atoms with E-state index in [-0.39, 0.29) is 0 Å². The van der Waals surface area contributed by atoms with Gasteiger partial charge in [0.15, 0.2) is 0 Å². The zero-order chi connectivity index (χ0) is 14.5. The Morgan fingerprint density at radius 2 is 1.89 bits per heavy atom. The summed E-state index contributed by atoms with van der Waals surface area (Å²) in [6.45, 7) is 6.55. The van der Waals surface area contributed by atoms with Crippen LogP contribution >= 0.6 is 0 Å². The third-order valence-electron chi connectivity index (χ3n) is 2.88. The molecule has 1 atom stereocenters. The summed E-state index contributed by atoms with van der Waals surface area (Å²) in [5.74, 6) is 0.496. The molecule has 19 heavy (non-hydrogen) atoms. The molecule has 0 saturated carbocycles. The van der Waals surface area contributed by atoms with Crippen molar-refractivity contribution in [3.8, 4) is 0 Å². The van der Waals surface area contributed by atoms with Gasteiger partial charge in [0.05, 0.1) is 6.42 Å². The van der Waals surface area contributed by atoms with Crippen LogP contribution in [-0.2, 0) is 6.42 Å². The lowest BCUT2D eigenvalue weighted by Crippen LogP contribution is -2.26. The number of alkyl halides is 3. The second kappa shape index (κ2) is 6.94. The first-order valence-electron chi connectivity index (χ1n) is 6.70. The van der Waals surface area contributed by atoms with Gasteiger partial charge in [0.25, 0.3) is 0 Å². The molecule has 0 heterocycles. The highest BCUT2D eigenvalue weighted by atomic mass is 19.4. The molecule has 0 bridgehead atoms. The van der Waals surface area contributed by atoms with Crippen molar-refractivity contribution in [2.24, 2.45) is 5.92 Å². The molecular weight excluding hydrogens is 251 g/mol. The molecular formula is C15H22F3N. The zero-order valence-electron chi connectivity index (χ0n) is 11.7. The van der Waals surface area contributed by atoms with Gasteiger partial charge in [0, 0.05) is 6.04 Å². The lowest BCUT2D eigenvalue weighted by atomic mass is 9.97. The van der Waals surface area contributed by atoms with Crippen LogP contribution in [0, 0.1) is 5.92 Å². The van der Waals surface area contributed by atoms with Crippen LogP contribution in [0.15, 0.2) is 24.3 Å². The first-order chi connectivity index (χ1) is 8.81. The average molecular weight is 273 g/mol. The van der Waals surface area contributed by atoms with Crippen molar-refractivity contribution in [1.82, 2.24) is 5.32 Å². The van der Waals surface area contributed by atoms with Gasteiger partial charge in [-0.15, -0.1) is 0 Å². The minimum absolute atomic E-state index is 0.496. The standard InChI is InChI=1S/C15H22F3N/c1-4-19-14(10-15(16,17)18)13-7-5-6-12(9-13)8-11(2)3/h5-7,9,11,14,19H,4,8,10H2,1-3H3. The Kier molecular flexibility index (Phi) is 5.85. The third kappa shape index (κ3) is 6.10. The van der Waals surface area contributed by atoms with E-state index in [1.54, 1.807) is 6.07 Å². The number of halogens is 3. The fraction of sp³-hybridized carbons (Fsp3) is 0.600. The van der Waals surface area contributed by atoms with Gasteiger partial charge < -0.3 is 5.32 Å². The summed E-state index contributed by atoms with van der Waals surface area (Å²) in [6, 6.07) is 6.81. The van der Waals surface area contributed by atoms with Crippen molar-refractivity contribution in [1.29, 1.82) is 0 Å². The molecule has 1 aromatic carbocycles. The molecule has 4 heteroatoms. The SMILES string of the molecule is CCNC(CC(F)(F)F)c1cccc(CC(C)C)c1. The minimum Gasteiger partial charge on any atom is -0.310 e. The molecule has 108 valence electrons. The molecule has 1 unspecified atom stereocenters. The summed E-state index contributed by atoms with van der Waals surface area (Å²) in [5.41, 5.74) is 1.81. The first-order valence-corrected chi connectivity index (χ1v) is 6.70. The molecule has 0 aliphatic carbocycles. The number of benzene rings is 1. The first kappa shape index (κ1) is 16.0. The number of hydrogen-bond donors (Lipinski definition) is 1. The number of hydrogen-bond acceptors (Lipinski definition) is 1. The maximum Gasteiger partial charge on any atom is 0.390 e. The van der Waals surface area contributed by atoms with Gasteiger partial charge in [0.1, 0.15) is 0 Å². The Hall–Kier alpha value is -1.03. The monoisotopic (exact) mass is 273 g/mol. The molecule has 0 saturated heterocycles. The van der Waals surface area contributed by atoms with E-state index in [0.717, 1.165) is 17.5 Å². The Labute approximate surface area is 113 Å². The molecule has 0 fully saturated rings. The van der Waals surface area contributed by atoms with Crippen molar-refractivity contribution in [3.63, 3.8) is 0 Å². The van der Waals surface area contributed by atoms with E-state index in [1.807, 2.05) is 25.1 Å². The molecule has 1 aromatic rings. The lowest BCUT2D eigenvalue weighted by molar-refractivity contribution is -0.140. The zero-order valence-corrected chi connectivity index (χ0v) is 11.7. The predicted molar refractivity (Wildman–Crippen MR) is 72.1 cm³/mol. The van der Waals surface area contributed by atoms with Gasteiger partial charge in [-0.1, -0.05) is 45.0 Å². The van der Waals surface area contributed by atoms with E-state index in [0.29, 0.717) is 12.5 Å². The second-order valence-corrected chi connectivity index (χ2v) is 5.27. The maximum absolute atomic E-state index is 12.6. The quantitative estimate of drug-likeness (QED) is 0.805. The highest BCUT2D eigenvalue weighted by Crippen LogP contribution is 2.30. The van der Waals surface area contributed by atoms with E-state index in [1.165, 1.54) is 0 Å². The highest BCUT2D eigenvalue weighted by molar-refractivity contribution is 5.26. The molecule has 1 N–H and O–H groups in total. The van der Waals surface area contributed by atoms with Gasteiger partial charge in [-0.25, -0.2) is 0 Å². The van der Waals surface area contributed by atoms with Crippen LogP contribution in [0.5, 0.6) is 0 Å². The second-order valence-electron chi connectivity index (χ2n) is 5.27. The number of rotatable bonds is 6. The topological polar surface area (TPSA) is 12.0 Å². The van der Waals surface area contributed by atoms with Crippen molar-refractivity contribution in [2.45, 2.75) is 45.8 Å². The molecule has 0 amide bonds. The van der Waals surface area contributed by atoms with Crippen LogP contribution in [0.4, 0.5) is 13.2 Å². The molecule has 0 aromatic heterocycles. The van der Waals surface area contributed by atoms with Crippen LogP contribution in [-0.4, -0.2) is 12.7 Å². The van der Waals surface area contributed by atoms with Crippen LogP contribution < -0.4 is 5.32 Å². The van der Waals surface area contributed by atoms with Gasteiger partial charge in [-0.3, -0.25) is 0 Å². The summed E-state index contributed by atoms with van der Waals surface area (Å²) in [5, 5.41) is 2.92. The van der Waals surface area contributed by atoms with Crippen LogP contribution in [0.25, 0.3) is 0 Å². The van der Waals surface area contributed by atoms with Crippen molar-refractivity contribution in [3.05, 3.63) is 35.4 Å². The highest BCUT2D eigenvalue weighted by Gasteiger charge is 2.32. The molecule has 0 aliphatic heterocycles. The number of nitrogens with one attached hydrogen (secondary N) is 1. The smallest absolute Gasteiger partial charge is 0.310 e. The average Bonchev–Trinajstić information content (AvgIpc) is 2.26. The molecule has 0 radical (unpaired) electrons. The Balaban J connectivity index is 2.89. The van der Waals surface area contributed by atoms with Crippen LogP contribution in [0.2, 0.25) is 0 Å². The van der Waals surface area contributed by atoms with Crippen LogP contribution in [0.3, 0.4) is 0 Å². The minimum atomic E-state index is -4.15. The fourth-order valence-electron chi connectivity index (χ4n) is 2.19. The third-order valence-corrected chi connectivity index (χ3v) is 2.88. The Morgan fingerprint density at radius 1 is 1.21 bits per heavy atom. The molecule has 0 spiro atoms. The predicted octanol–water partition coefficient (Wildman–Crippen LogP) is 4.49. The van der Waals surface area contributed by atoms with Gasteiger partial charge in [-0.2, -0.15) is 13.2 Å². The summed E-state index contributed by atoms with van der Waals surface area (Å²) in [4.78, 5) is 0. The Morgan fingerprint density at radius 3 is 2.42 bits per heavy atom. The summed E-state index contributed by atoms with van der Waals surface area (Å²) < 4.78 is 37.8. The Bertz CT molecular complexity index is 385. The summed E-state index contributed by atoms with van der Waals surface area (Å²) >= 11 is 0. The fourth-order valence-corrected chi connectivity index (χ4v) is 2.19. The van der Waals surface area contributed by atoms with E-state index >= 15 is 0 Å².